The number of carboxylic acids is 2. The second kappa shape index (κ2) is 5.71. The van der Waals surface area contributed by atoms with Gasteiger partial charge in [0.1, 0.15) is 0 Å². The zero-order valence-electron chi connectivity index (χ0n) is 5.34. The largest absolute Gasteiger partial charge is 1.00 e. The fourth-order valence-corrected chi connectivity index (χ4v) is 0.118. The zero-order chi connectivity index (χ0) is 5.86. The third kappa shape index (κ3) is 9.76. The third-order valence-electron chi connectivity index (χ3n) is 0.289. The molecule has 0 aromatic carbocycles. The maximum absolute atomic E-state index is 9.28. The summed E-state index contributed by atoms with van der Waals surface area (Å²) in [7, 11) is 0. The second-order valence-electron chi connectivity index (χ2n) is 0.921. The molecule has 0 aromatic heterocycles. The molecule has 0 aliphatic heterocycles. The minimum Gasteiger partial charge on any atom is -0.550 e. The molecule has 0 aromatic rings. The van der Waals surface area contributed by atoms with Crippen LogP contribution in [-0.4, -0.2) is 11.9 Å². The van der Waals surface area contributed by atoms with E-state index < -0.39 is 18.4 Å². The van der Waals surface area contributed by atoms with Crippen LogP contribution in [0.25, 0.3) is 0 Å². The van der Waals surface area contributed by atoms with Gasteiger partial charge >= 0.3 is 52.8 Å². The summed E-state index contributed by atoms with van der Waals surface area (Å²) in [5.74, 6) is -3.25. The van der Waals surface area contributed by atoms with Crippen LogP contribution >= 0.6 is 0 Å². The van der Waals surface area contributed by atoms with Gasteiger partial charge < -0.3 is 19.8 Å². The van der Waals surface area contributed by atoms with Gasteiger partial charge in [-0.3, -0.25) is 0 Å². The Balaban J connectivity index is -0.000000180. The Morgan fingerprint density at radius 3 is 1.50 bits per heavy atom. The Bertz CT molecular complexity index is 92.0. The molecule has 0 bridgehead atoms. The molecule has 0 heterocycles. The van der Waals surface area contributed by atoms with Crippen molar-refractivity contribution in [3.8, 4) is 0 Å². The molecule has 0 N–H and O–H groups in total. The predicted octanol–water partition coefficient (Wildman–Crippen LogP) is -6.01. The molecule has 40 valence electrons. The van der Waals surface area contributed by atoms with Crippen molar-refractivity contribution in [2.45, 2.75) is 6.42 Å². The Labute approximate surface area is 89.8 Å². The quantitative estimate of drug-likeness (QED) is 0.284. The summed E-state index contributed by atoms with van der Waals surface area (Å²) in [6, 6.07) is 0. The van der Waals surface area contributed by atoms with E-state index in [9.17, 15) is 19.8 Å². The summed E-state index contributed by atoms with van der Waals surface area (Å²) >= 11 is 0. The van der Waals surface area contributed by atoms with Crippen LogP contribution in [0.2, 0.25) is 0 Å². The van der Waals surface area contributed by atoms with Gasteiger partial charge in [-0.25, -0.2) is 0 Å². The number of aliphatic carboxylic acids is 2. The number of carbonyl (C=O) groups excluding carboxylic acids is 2. The molecule has 0 aliphatic carbocycles. The van der Waals surface area contributed by atoms with E-state index in [1.807, 2.05) is 0 Å². The molecule has 0 saturated heterocycles. The van der Waals surface area contributed by atoms with Gasteiger partial charge in [-0.2, -0.15) is 0 Å². The minimum absolute atomic E-state index is 0. The van der Waals surface area contributed by atoms with Crippen LogP contribution in [0.5, 0.6) is 0 Å². The van der Waals surface area contributed by atoms with Gasteiger partial charge in [-0.15, -0.1) is 0 Å². The minimum atomic E-state index is -1.63. The molecule has 0 radical (unpaired) electrons. The molecule has 0 aliphatic rings. The van der Waals surface area contributed by atoms with Crippen molar-refractivity contribution < 1.29 is 72.6 Å². The molecular weight excluding hydrogens is 139 g/mol. The van der Waals surface area contributed by atoms with E-state index in [0.717, 1.165) is 0 Å². The molecule has 0 atom stereocenters. The Morgan fingerprint density at radius 1 is 1.25 bits per heavy atom. The summed E-state index contributed by atoms with van der Waals surface area (Å²) in [6.07, 6.45) is -1.03. The molecule has 0 fully saturated rings. The molecule has 0 unspecified atom stereocenters. The van der Waals surface area contributed by atoms with Gasteiger partial charge in [-0.05, 0) is 0 Å². The van der Waals surface area contributed by atoms with Crippen LogP contribution in [0.15, 0.2) is 0 Å². The van der Waals surface area contributed by atoms with E-state index in [1.54, 1.807) is 0 Å². The van der Waals surface area contributed by atoms with E-state index in [1.165, 1.54) is 0 Å². The molecule has 0 saturated carbocycles. The van der Waals surface area contributed by atoms with Crippen LogP contribution < -0.4 is 61.6 Å². The van der Waals surface area contributed by atoms with E-state index in [2.05, 4.69) is 0 Å². The molecule has 0 amide bonds. The second-order valence-corrected chi connectivity index (χ2v) is 0.921. The molecule has 4 nitrogen and oxygen atoms in total. The van der Waals surface area contributed by atoms with Crippen LogP contribution in [0, 0.1) is 0 Å². The van der Waals surface area contributed by atoms with Crippen molar-refractivity contribution in [3.05, 3.63) is 0 Å². The normalized spacial score (nSPS) is 7.00. The fourth-order valence-electron chi connectivity index (χ4n) is 0.118. The average molecular weight is 142 g/mol. The van der Waals surface area contributed by atoms with Crippen LogP contribution in [0.3, 0.4) is 0 Å². The molecule has 5 heteroatoms. The smallest absolute Gasteiger partial charge is 0.550 e. The van der Waals surface area contributed by atoms with Gasteiger partial charge in [0.2, 0.25) is 0 Å². The molecule has 0 spiro atoms. The molecule has 8 heavy (non-hydrogen) atoms. The topological polar surface area (TPSA) is 80.3 Å². The van der Waals surface area contributed by atoms with Crippen molar-refractivity contribution in [3.63, 3.8) is 0 Å². The standard InChI is InChI=1S/C3H4O4.K/c4-2(5)1-3(6)7;/h1H2,(H,4,5)(H,6,7);/q;+1/p-1. The van der Waals surface area contributed by atoms with Gasteiger partial charge in [0, 0.05) is 18.4 Å². The number of carbonyl (C=O) groups is 2. The monoisotopic (exact) mass is 142 g/mol. The first-order valence-electron chi connectivity index (χ1n) is 1.52. The number of rotatable bonds is 2. The SMILES string of the molecule is O=C([O-])CC(=O)[O-].[H+].[K+]. The fraction of sp³-hybridized carbons (Fsp3) is 0.333. The average Bonchev–Trinajstić information content (AvgIpc) is 1.27. The van der Waals surface area contributed by atoms with E-state index >= 15 is 0 Å². The first-order valence-corrected chi connectivity index (χ1v) is 1.52. The maximum Gasteiger partial charge on any atom is 1.00 e. The van der Waals surface area contributed by atoms with E-state index in [-0.39, 0.29) is 52.8 Å². The van der Waals surface area contributed by atoms with Gasteiger partial charge in [0.15, 0.2) is 0 Å². The Kier molecular flexibility index (Phi) is 8.12. The first-order chi connectivity index (χ1) is 3.13. The van der Waals surface area contributed by atoms with Crippen LogP contribution in [0.4, 0.5) is 0 Å². The van der Waals surface area contributed by atoms with Crippen LogP contribution in [-0.2, 0) is 9.59 Å². The van der Waals surface area contributed by atoms with Gasteiger partial charge in [0.05, 0.1) is 0 Å². The van der Waals surface area contributed by atoms with Crippen molar-refractivity contribution in [1.82, 2.24) is 0 Å². The van der Waals surface area contributed by atoms with Crippen molar-refractivity contribution >= 4 is 11.9 Å². The third-order valence-corrected chi connectivity index (χ3v) is 0.289. The molecule has 0 rings (SSSR count). The van der Waals surface area contributed by atoms with E-state index in [0.29, 0.717) is 0 Å². The van der Waals surface area contributed by atoms with Crippen molar-refractivity contribution in [2.75, 3.05) is 0 Å². The zero-order valence-corrected chi connectivity index (χ0v) is 7.46. The Morgan fingerprint density at radius 2 is 1.50 bits per heavy atom. The number of carboxylic acid groups (broad SMARTS) is 2. The summed E-state index contributed by atoms with van der Waals surface area (Å²) < 4.78 is 0. The summed E-state index contributed by atoms with van der Waals surface area (Å²) in [4.78, 5) is 18.6. The Hall–Kier alpha value is 0.576. The van der Waals surface area contributed by atoms with Crippen molar-refractivity contribution in [2.24, 2.45) is 0 Å². The number of hydrogen-bond donors (Lipinski definition) is 0. The van der Waals surface area contributed by atoms with Crippen LogP contribution in [0.1, 0.15) is 7.85 Å². The van der Waals surface area contributed by atoms with Gasteiger partial charge in [-0.1, -0.05) is 0 Å². The summed E-state index contributed by atoms with van der Waals surface area (Å²) in [5.41, 5.74) is 0. The van der Waals surface area contributed by atoms with Gasteiger partial charge in [0.25, 0.3) is 0 Å². The summed E-state index contributed by atoms with van der Waals surface area (Å²) in [6.45, 7) is 0. The number of hydrogen-bond acceptors (Lipinski definition) is 4. The van der Waals surface area contributed by atoms with Crippen molar-refractivity contribution in [1.29, 1.82) is 0 Å². The molecular formula is C3H3KO4. The summed E-state index contributed by atoms with van der Waals surface area (Å²) in [5, 5.41) is 18.6. The predicted molar refractivity (Wildman–Crippen MR) is 15.7 cm³/mol. The van der Waals surface area contributed by atoms with E-state index in [4.69, 9.17) is 0 Å². The maximum atomic E-state index is 9.28. The first kappa shape index (κ1) is 11.4.